The molecule has 1 saturated heterocycles. The zero-order valence-corrected chi connectivity index (χ0v) is 13.5. The van der Waals surface area contributed by atoms with Gasteiger partial charge in [0.1, 0.15) is 0 Å². The van der Waals surface area contributed by atoms with E-state index in [-0.39, 0.29) is 5.91 Å². The van der Waals surface area contributed by atoms with Gasteiger partial charge in [-0.1, -0.05) is 13.8 Å². The summed E-state index contributed by atoms with van der Waals surface area (Å²) in [6.07, 6.45) is 1.62. The largest absolute Gasteiger partial charge is 0.481 e. The number of aromatic nitrogens is 1. The maximum atomic E-state index is 12.7. The second kappa shape index (κ2) is 6.43. The molecule has 1 aromatic rings. The minimum atomic E-state index is 0.0608. The van der Waals surface area contributed by atoms with E-state index in [4.69, 9.17) is 4.74 Å². The van der Waals surface area contributed by atoms with E-state index in [0.29, 0.717) is 29.3 Å². The van der Waals surface area contributed by atoms with Gasteiger partial charge in [-0.25, -0.2) is 4.98 Å². The van der Waals surface area contributed by atoms with E-state index < -0.39 is 0 Å². The molecular weight excluding hydrogens is 266 g/mol. The number of carbonyl (C=O) groups excluding carboxylic acids is 1. The number of likely N-dealkylation sites (tertiary alicyclic amines) is 1. The molecule has 2 rings (SSSR count). The van der Waals surface area contributed by atoms with Gasteiger partial charge in [0, 0.05) is 37.0 Å². The number of hydrogen-bond acceptors (Lipinski definition) is 4. The topological polar surface area (TPSA) is 45.7 Å². The van der Waals surface area contributed by atoms with Crippen molar-refractivity contribution in [3.8, 4) is 5.88 Å². The molecule has 0 saturated carbocycles. The summed E-state index contributed by atoms with van der Waals surface area (Å²) in [5.74, 6) is 1.60. The van der Waals surface area contributed by atoms with Gasteiger partial charge in [0.15, 0.2) is 0 Å². The lowest BCUT2D eigenvalue weighted by molar-refractivity contribution is 0.0779. The van der Waals surface area contributed by atoms with Crippen LogP contribution in [0.2, 0.25) is 0 Å². The lowest BCUT2D eigenvalue weighted by Crippen LogP contribution is -2.37. The first-order chi connectivity index (χ1) is 9.93. The molecule has 5 heteroatoms. The number of ether oxygens (including phenoxy) is 1. The van der Waals surface area contributed by atoms with E-state index >= 15 is 0 Å². The molecule has 0 unspecified atom stereocenters. The van der Waals surface area contributed by atoms with Gasteiger partial charge in [-0.3, -0.25) is 4.79 Å². The Hall–Kier alpha value is -1.62. The normalized spacial score (nSPS) is 22.1. The third kappa shape index (κ3) is 3.35. The highest BCUT2D eigenvalue weighted by atomic mass is 16.5. The van der Waals surface area contributed by atoms with Crippen LogP contribution in [-0.2, 0) is 0 Å². The first-order valence-corrected chi connectivity index (χ1v) is 7.39. The summed E-state index contributed by atoms with van der Waals surface area (Å²) in [6.45, 7) is 6.04. The lowest BCUT2D eigenvalue weighted by Gasteiger charge is -2.27. The van der Waals surface area contributed by atoms with Crippen LogP contribution in [0.3, 0.4) is 0 Å². The van der Waals surface area contributed by atoms with Gasteiger partial charge in [-0.05, 0) is 32.0 Å². The molecule has 0 N–H and O–H groups in total. The van der Waals surface area contributed by atoms with Crippen LogP contribution in [0.4, 0.5) is 0 Å². The summed E-state index contributed by atoms with van der Waals surface area (Å²) in [5, 5.41) is 0. The Balaban J connectivity index is 2.16. The Morgan fingerprint density at radius 1 is 1.43 bits per heavy atom. The Morgan fingerprint density at radius 2 is 2.14 bits per heavy atom. The standard InChI is InChI=1S/C16H25N3O2/c1-11(2)13-9-19(10-14(13)18(3)4)16(20)12-6-7-17-15(8-12)21-5/h6-8,11,13-14H,9-10H2,1-5H3/t13-,14+/m0/s1. The van der Waals surface area contributed by atoms with Gasteiger partial charge in [-0.15, -0.1) is 0 Å². The molecule has 21 heavy (non-hydrogen) atoms. The number of rotatable bonds is 4. The van der Waals surface area contributed by atoms with E-state index in [1.54, 1.807) is 25.4 Å². The van der Waals surface area contributed by atoms with Gasteiger partial charge >= 0.3 is 0 Å². The minimum absolute atomic E-state index is 0.0608. The van der Waals surface area contributed by atoms with Crippen LogP contribution in [0.25, 0.3) is 0 Å². The molecule has 116 valence electrons. The van der Waals surface area contributed by atoms with Crippen LogP contribution in [0, 0.1) is 11.8 Å². The predicted molar refractivity (Wildman–Crippen MR) is 82.5 cm³/mol. The molecule has 1 fully saturated rings. The quantitative estimate of drug-likeness (QED) is 0.848. The van der Waals surface area contributed by atoms with Crippen molar-refractivity contribution in [3.05, 3.63) is 23.9 Å². The number of methoxy groups -OCH3 is 1. The van der Waals surface area contributed by atoms with E-state index in [2.05, 4.69) is 37.8 Å². The number of pyridine rings is 1. The average Bonchev–Trinajstić information content (AvgIpc) is 2.92. The summed E-state index contributed by atoms with van der Waals surface area (Å²) in [5.41, 5.74) is 0.642. The van der Waals surface area contributed by atoms with Crippen LogP contribution in [0.5, 0.6) is 5.88 Å². The Morgan fingerprint density at radius 3 is 2.67 bits per heavy atom. The van der Waals surface area contributed by atoms with Gasteiger partial charge in [0.2, 0.25) is 5.88 Å². The van der Waals surface area contributed by atoms with Crippen LogP contribution in [0.1, 0.15) is 24.2 Å². The third-order valence-electron chi connectivity index (χ3n) is 4.33. The zero-order valence-electron chi connectivity index (χ0n) is 13.5. The molecule has 0 bridgehead atoms. The number of likely N-dealkylation sites (N-methyl/N-ethyl adjacent to an activating group) is 1. The minimum Gasteiger partial charge on any atom is -0.481 e. The second-order valence-electron chi connectivity index (χ2n) is 6.24. The number of carbonyl (C=O) groups is 1. The first-order valence-electron chi connectivity index (χ1n) is 7.39. The van der Waals surface area contributed by atoms with Gasteiger partial charge in [0.05, 0.1) is 7.11 Å². The fourth-order valence-electron chi connectivity index (χ4n) is 3.02. The monoisotopic (exact) mass is 291 g/mol. The molecule has 1 aromatic heterocycles. The predicted octanol–water partition coefficient (Wildman–Crippen LogP) is 1.75. The van der Waals surface area contributed by atoms with Crippen molar-refractivity contribution < 1.29 is 9.53 Å². The summed E-state index contributed by atoms with van der Waals surface area (Å²) < 4.78 is 5.10. The summed E-state index contributed by atoms with van der Waals surface area (Å²) in [7, 11) is 5.73. The van der Waals surface area contributed by atoms with E-state index in [9.17, 15) is 4.79 Å². The molecule has 0 aromatic carbocycles. The van der Waals surface area contributed by atoms with E-state index in [0.717, 1.165) is 13.1 Å². The number of amides is 1. The van der Waals surface area contributed by atoms with Crippen LogP contribution in [-0.4, -0.2) is 61.0 Å². The SMILES string of the molecule is COc1cc(C(=O)N2C[C@@H](N(C)C)[C@H](C(C)C)C2)ccn1. The Bertz CT molecular complexity index is 486. The fraction of sp³-hybridized carbons (Fsp3) is 0.625. The number of hydrogen-bond donors (Lipinski definition) is 0. The van der Waals surface area contributed by atoms with Crippen molar-refractivity contribution >= 4 is 5.91 Å². The molecule has 0 radical (unpaired) electrons. The van der Waals surface area contributed by atoms with Crippen molar-refractivity contribution in [2.75, 3.05) is 34.3 Å². The average molecular weight is 291 g/mol. The van der Waals surface area contributed by atoms with Crippen LogP contribution >= 0.6 is 0 Å². The van der Waals surface area contributed by atoms with Crippen molar-refractivity contribution in [1.29, 1.82) is 0 Å². The third-order valence-corrected chi connectivity index (χ3v) is 4.33. The molecule has 1 amide bonds. The number of nitrogens with zero attached hydrogens (tertiary/aromatic N) is 3. The molecule has 1 aliphatic rings. The maximum absolute atomic E-state index is 12.7. The fourth-order valence-corrected chi connectivity index (χ4v) is 3.02. The van der Waals surface area contributed by atoms with E-state index in [1.807, 2.05) is 4.90 Å². The van der Waals surface area contributed by atoms with Crippen LogP contribution in [0.15, 0.2) is 18.3 Å². The highest BCUT2D eigenvalue weighted by molar-refractivity contribution is 5.94. The zero-order chi connectivity index (χ0) is 15.6. The highest BCUT2D eigenvalue weighted by Gasteiger charge is 2.38. The highest BCUT2D eigenvalue weighted by Crippen LogP contribution is 2.28. The van der Waals surface area contributed by atoms with Gasteiger partial charge < -0.3 is 14.5 Å². The van der Waals surface area contributed by atoms with Gasteiger partial charge in [0.25, 0.3) is 5.91 Å². The second-order valence-corrected chi connectivity index (χ2v) is 6.24. The molecular formula is C16H25N3O2. The summed E-state index contributed by atoms with van der Waals surface area (Å²) >= 11 is 0. The Kier molecular flexibility index (Phi) is 4.83. The summed E-state index contributed by atoms with van der Waals surface area (Å²) in [6, 6.07) is 3.87. The smallest absolute Gasteiger partial charge is 0.254 e. The van der Waals surface area contributed by atoms with Crippen molar-refractivity contribution in [2.45, 2.75) is 19.9 Å². The van der Waals surface area contributed by atoms with Crippen LogP contribution < -0.4 is 4.74 Å². The molecule has 2 heterocycles. The molecule has 0 aliphatic carbocycles. The van der Waals surface area contributed by atoms with E-state index in [1.165, 1.54) is 0 Å². The molecule has 0 spiro atoms. The lowest BCUT2D eigenvalue weighted by atomic mass is 9.91. The first kappa shape index (κ1) is 15.8. The molecule has 2 atom stereocenters. The van der Waals surface area contributed by atoms with Gasteiger partial charge in [-0.2, -0.15) is 0 Å². The summed E-state index contributed by atoms with van der Waals surface area (Å²) in [4.78, 5) is 20.9. The van der Waals surface area contributed by atoms with Crippen molar-refractivity contribution in [2.24, 2.45) is 11.8 Å². The maximum Gasteiger partial charge on any atom is 0.254 e. The molecule has 1 aliphatic heterocycles. The Labute approximate surface area is 126 Å². The van der Waals surface area contributed by atoms with Crippen molar-refractivity contribution in [3.63, 3.8) is 0 Å². The van der Waals surface area contributed by atoms with Crippen molar-refractivity contribution in [1.82, 2.24) is 14.8 Å². The molecule has 5 nitrogen and oxygen atoms in total.